The minimum Gasteiger partial charge on any atom is -0.463 e. The Labute approximate surface area is 381 Å². The largest absolute Gasteiger partial charge is 0.463 e. The maximum atomic E-state index is 12.7. The van der Waals surface area contributed by atoms with Gasteiger partial charge >= 0.3 is 5.97 Å². The maximum Gasteiger partial charge on any atom is 0.305 e. The molecule has 7 nitrogen and oxygen atoms in total. The Morgan fingerprint density at radius 2 is 1.35 bits per heavy atom. The third-order valence-electron chi connectivity index (χ3n) is 18.2. The number of aliphatic hydroxyl groups excluding tert-OH is 3. The SMILES string of the molecule is CCCCCCCCCCCCCCCCCCCC(=O)OC[C@H]1O[C@@H](O[C@H]2CC[C@@]3(C)C(=CC[C@H]4[C@@H]5CC[C@H]([C@H](C)CC[C@@H](CC)C(C)C)[C@@]5(C)CC[C@@H]43)C2)[C@H](O)[C@@H](O)[C@@H]1O. The van der Waals surface area contributed by atoms with E-state index in [1.54, 1.807) is 0 Å². The van der Waals surface area contributed by atoms with Gasteiger partial charge in [-0.25, -0.2) is 0 Å². The summed E-state index contributed by atoms with van der Waals surface area (Å²) in [5.41, 5.74) is 2.13. The number of hydrogen-bond acceptors (Lipinski definition) is 7. The zero-order valence-electron chi connectivity index (χ0n) is 41.3. The number of esters is 1. The van der Waals surface area contributed by atoms with Crippen LogP contribution in [-0.4, -0.2) is 64.7 Å². The molecule has 0 spiro atoms. The van der Waals surface area contributed by atoms with Crippen LogP contribution in [0.2, 0.25) is 0 Å². The molecule has 62 heavy (non-hydrogen) atoms. The number of allylic oxidation sites excluding steroid dienone is 1. The Balaban J connectivity index is 0.985. The lowest BCUT2D eigenvalue weighted by molar-refractivity contribution is -0.313. The number of ether oxygens (including phenoxy) is 3. The summed E-state index contributed by atoms with van der Waals surface area (Å²) >= 11 is 0. The molecule has 1 saturated heterocycles. The first kappa shape index (κ1) is 52.0. The fourth-order valence-electron chi connectivity index (χ4n) is 14.0. The van der Waals surface area contributed by atoms with E-state index in [0.29, 0.717) is 17.8 Å². The second-order valence-electron chi connectivity index (χ2n) is 22.6. The van der Waals surface area contributed by atoms with Gasteiger partial charge in [-0.15, -0.1) is 0 Å². The van der Waals surface area contributed by atoms with Crippen LogP contribution in [0.15, 0.2) is 11.6 Å². The summed E-state index contributed by atoms with van der Waals surface area (Å²) in [6.45, 7) is 17.1. The van der Waals surface area contributed by atoms with Crippen molar-refractivity contribution in [3.05, 3.63) is 11.6 Å². The van der Waals surface area contributed by atoms with Gasteiger partial charge in [-0.3, -0.25) is 4.79 Å². The van der Waals surface area contributed by atoms with Gasteiger partial charge < -0.3 is 29.5 Å². The molecule has 0 amide bonds. The highest BCUT2D eigenvalue weighted by Crippen LogP contribution is 2.67. The van der Waals surface area contributed by atoms with Crippen LogP contribution in [0.4, 0.5) is 0 Å². The molecule has 7 heteroatoms. The average Bonchev–Trinajstić information content (AvgIpc) is 3.62. The summed E-state index contributed by atoms with van der Waals surface area (Å²) in [6.07, 6.45) is 31.9. The predicted molar refractivity (Wildman–Crippen MR) is 254 cm³/mol. The predicted octanol–water partition coefficient (Wildman–Crippen LogP) is 13.4. The highest BCUT2D eigenvalue weighted by atomic mass is 16.7. The van der Waals surface area contributed by atoms with Crippen LogP contribution in [0.25, 0.3) is 0 Å². The number of carbonyl (C=O) groups excluding carboxylic acids is 1. The van der Waals surface area contributed by atoms with E-state index in [1.807, 2.05) is 0 Å². The standard InChI is InChI=1S/C55H98O7/c1-8-10-11-12-13-14-15-16-17-18-19-20-21-22-23-24-25-26-49(56)60-38-48-50(57)51(58)52(59)53(62-48)61-43-33-35-54(6)42(37-43)29-30-44-46-32-31-45(55(46,7)36-34-47(44)54)40(5)27-28-41(9-2)39(3)4/h29,39-41,43-48,50-53,57-59H,8-28,30-38H2,1-7H3/t40-,41-,43+,44+,45-,46+,47+,48-,50-,51+,52-,53-,54+,55-/m1/s1. The summed E-state index contributed by atoms with van der Waals surface area (Å²) in [7, 11) is 0. The molecule has 360 valence electrons. The van der Waals surface area contributed by atoms with Crippen LogP contribution in [-0.2, 0) is 19.0 Å². The van der Waals surface area contributed by atoms with Crippen molar-refractivity contribution in [3.63, 3.8) is 0 Å². The molecule has 0 aromatic carbocycles. The summed E-state index contributed by atoms with van der Waals surface area (Å²) < 4.78 is 18.1. The Kier molecular flexibility index (Phi) is 21.6. The van der Waals surface area contributed by atoms with Crippen LogP contribution in [0, 0.1) is 52.3 Å². The van der Waals surface area contributed by atoms with Gasteiger partial charge in [-0.2, -0.15) is 0 Å². The van der Waals surface area contributed by atoms with Crippen molar-refractivity contribution in [2.75, 3.05) is 6.61 Å². The summed E-state index contributed by atoms with van der Waals surface area (Å²) in [5, 5.41) is 32.6. The molecule has 0 aromatic rings. The molecule has 5 rings (SSSR count). The van der Waals surface area contributed by atoms with E-state index in [9.17, 15) is 20.1 Å². The second-order valence-corrected chi connectivity index (χ2v) is 22.6. The average molecular weight is 871 g/mol. The first-order valence-corrected chi connectivity index (χ1v) is 27.0. The van der Waals surface area contributed by atoms with E-state index in [1.165, 1.54) is 140 Å². The molecule has 4 fully saturated rings. The van der Waals surface area contributed by atoms with Crippen molar-refractivity contribution in [2.45, 2.75) is 271 Å². The maximum absolute atomic E-state index is 12.7. The quantitative estimate of drug-likeness (QED) is 0.0408. The van der Waals surface area contributed by atoms with E-state index in [4.69, 9.17) is 14.2 Å². The van der Waals surface area contributed by atoms with Crippen molar-refractivity contribution in [1.82, 2.24) is 0 Å². The normalized spacial score (nSPS) is 35.5. The monoisotopic (exact) mass is 871 g/mol. The first-order valence-electron chi connectivity index (χ1n) is 27.0. The first-order chi connectivity index (χ1) is 29.8. The highest BCUT2D eigenvalue weighted by Gasteiger charge is 2.59. The smallest absolute Gasteiger partial charge is 0.305 e. The fraction of sp³-hybridized carbons (Fsp3) is 0.945. The molecule has 4 aliphatic carbocycles. The topological polar surface area (TPSA) is 105 Å². The van der Waals surface area contributed by atoms with E-state index < -0.39 is 30.7 Å². The van der Waals surface area contributed by atoms with Gasteiger partial charge in [-0.05, 0) is 116 Å². The van der Waals surface area contributed by atoms with E-state index in [2.05, 4.69) is 54.5 Å². The molecule has 5 aliphatic rings. The zero-order valence-corrected chi connectivity index (χ0v) is 41.3. The van der Waals surface area contributed by atoms with Crippen molar-refractivity contribution >= 4 is 5.97 Å². The molecule has 0 unspecified atom stereocenters. The molecule has 0 radical (unpaired) electrons. The molecule has 14 atom stereocenters. The van der Waals surface area contributed by atoms with Gasteiger partial charge in [0.25, 0.3) is 0 Å². The molecule has 0 bridgehead atoms. The molecule has 1 aliphatic heterocycles. The molecular formula is C55H98O7. The van der Waals surface area contributed by atoms with E-state index in [0.717, 1.165) is 80.5 Å². The third kappa shape index (κ3) is 13.8. The number of rotatable bonds is 28. The fourth-order valence-corrected chi connectivity index (χ4v) is 14.0. The Morgan fingerprint density at radius 3 is 1.95 bits per heavy atom. The summed E-state index contributed by atoms with van der Waals surface area (Å²) in [4.78, 5) is 12.7. The third-order valence-corrected chi connectivity index (χ3v) is 18.2. The molecule has 3 saturated carbocycles. The van der Waals surface area contributed by atoms with Gasteiger partial charge in [0, 0.05) is 6.42 Å². The number of carbonyl (C=O) groups is 1. The number of aliphatic hydroxyl groups is 3. The van der Waals surface area contributed by atoms with Gasteiger partial charge in [0.15, 0.2) is 6.29 Å². The lowest BCUT2D eigenvalue weighted by Gasteiger charge is -2.58. The van der Waals surface area contributed by atoms with Gasteiger partial charge in [0.05, 0.1) is 6.10 Å². The Bertz CT molecular complexity index is 1320. The van der Waals surface area contributed by atoms with Gasteiger partial charge in [0.1, 0.15) is 31.0 Å². The minimum absolute atomic E-state index is 0.140. The molecular weight excluding hydrogens is 773 g/mol. The minimum atomic E-state index is -1.44. The second kappa shape index (κ2) is 25.8. The van der Waals surface area contributed by atoms with Crippen molar-refractivity contribution in [2.24, 2.45) is 52.3 Å². The van der Waals surface area contributed by atoms with Crippen LogP contribution in [0.5, 0.6) is 0 Å². The van der Waals surface area contributed by atoms with Gasteiger partial charge in [-0.1, -0.05) is 176 Å². The lowest BCUT2D eigenvalue weighted by atomic mass is 9.47. The van der Waals surface area contributed by atoms with E-state index >= 15 is 0 Å². The number of hydrogen-bond donors (Lipinski definition) is 3. The van der Waals surface area contributed by atoms with Gasteiger partial charge in [0.2, 0.25) is 0 Å². The number of unbranched alkanes of at least 4 members (excludes halogenated alkanes) is 16. The van der Waals surface area contributed by atoms with Crippen molar-refractivity contribution in [3.8, 4) is 0 Å². The number of fused-ring (bicyclic) bond motifs is 5. The van der Waals surface area contributed by atoms with Crippen LogP contribution >= 0.6 is 0 Å². The molecule has 3 N–H and O–H groups in total. The summed E-state index contributed by atoms with van der Waals surface area (Å²) in [5.74, 6) is 5.24. The Hall–Kier alpha value is -0.990. The van der Waals surface area contributed by atoms with Crippen LogP contribution in [0.1, 0.15) is 235 Å². The molecule has 0 aromatic heterocycles. The highest BCUT2D eigenvalue weighted by molar-refractivity contribution is 5.69. The van der Waals surface area contributed by atoms with E-state index in [-0.39, 0.29) is 24.1 Å². The lowest BCUT2D eigenvalue weighted by Crippen LogP contribution is -2.60. The summed E-state index contributed by atoms with van der Waals surface area (Å²) in [6, 6.07) is 0. The van der Waals surface area contributed by atoms with Crippen LogP contribution in [0.3, 0.4) is 0 Å². The van der Waals surface area contributed by atoms with Crippen molar-refractivity contribution in [1.29, 1.82) is 0 Å². The van der Waals surface area contributed by atoms with Crippen molar-refractivity contribution < 1.29 is 34.3 Å². The Morgan fingerprint density at radius 1 is 0.742 bits per heavy atom. The van der Waals surface area contributed by atoms with Crippen LogP contribution < -0.4 is 0 Å². The zero-order chi connectivity index (χ0) is 44.7. The molecule has 1 heterocycles.